The molecule has 0 saturated carbocycles. The maximum atomic E-state index is 12.7. The van der Waals surface area contributed by atoms with Crippen LogP contribution < -0.4 is 4.90 Å². The molecule has 2 atom stereocenters. The molecule has 0 bridgehead atoms. The fraction of sp³-hybridized carbons (Fsp3) is 0.533. The Balaban J connectivity index is 2.41. The van der Waals surface area contributed by atoms with Gasteiger partial charge < -0.3 is 10.0 Å². The summed E-state index contributed by atoms with van der Waals surface area (Å²) in [5, 5.41) is 9.22. The number of aromatic carboxylic acids is 1. The Hall–Kier alpha value is -1.72. The van der Waals surface area contributed by atoms with Gasteiger partial charge in [-0.2, -0.15) is 13.2 Å². The molecule has 0 spiro atoms. The van der Waals surface area contributed by atoms with Crippen LogP contribution in [0.4, 0.5) is 18.9 Å². The van der Waals surface area contributed by atoms with Crippen molar-refractivity contribution in [1.82, 2.24) is 0 Å². The number of halogens is 3. The van der Waals surface area contributed by atoms with E-state index in [9.17, 15) is 23.1 Å². The second-order valence-corrected chi connectivity index (χ2v) is 5.89. The zero-order chi connectivity index (χ0) is 15.8. The van der Waals surface area contributed by atoms with E-state index in [0.717, 1.165) is 18.6 Å². The summed E-state index contributed by atoms with van der Waals surface area (Å²) < 4.78 is 38.2. The maximum absolute atomic E-state index is 12.7. The zero-order valence-electron chi connectivity index (χ0n) is 11.9. The highest BCUT2D eigenvalue weighted by atomic mass is 19.4. The molecule has 2 unspecified atom stereocenters. The molecule has 21 heavy (non-hydrogen) atoms. The van der Waals surface area contributed by atoms with Gasteiger partial charge in [0.2, 0.25) is 0 Å². The number of rotatable bonds is 2. The third-order valence-corrected chi connectivity index (χ3v) is 3.76. The highest BCUT2D eigenvalue weighted by Crippen LogP contribution is 2.34. The minimum absolute atomic E-state index is 0.286. The summed E-state index contributed by atoms with van der Waals surface area (Å²) in [6.45, 7) is 5.45. The van der Waals surface area contributed by atoms with E-state index in [-0.39, 0.29) is 5.56 Å². The van der Waals surface area contributed by atoms with Gasteiger partial charge in [0.15, 0.2) is 0 Å². The molecule has 0 amide bonds. The lowest BCUT2D eigenvalue weighted by molar-refractivity contribution is -0.137. The van der Waals surface area contributed by atoms with Crippen LogP contribution in [0.3, 0.4) is 0 Å². The highest BCUT2D eigenvalue weighted by molar-refractivity contribution is 5.94. The molecular formula is C15H18F3NO2. The van der Waals surface area contributed by atoms with Crippen molar-refractivity contribution in [3.05, 3.63) is 29.3 Å². The van der Waals surface area contributed by atoms with E-state index in [1.54, 1.807) is 0 Å². The first kappa shape index (κ1) is 15.7. The van der Waals surface area contributed by atoms with Crippen LogP contribution in [0.5, 0.6) is 0 Å². The van der Waals surface area contributed by atoms with Gasteiger partial charge in [0.25, 0.3) is 0 Å². The smallest absolute Gasteiger partial charge is 0.416 e. The topological polar surface area (TPSA) is 40.5 Å². The number of hydrogen-bond acceptors (Lipinski definition) is 2. The molecule has 0 aliphatic carbocycles. The van der Waals surface area contributed by atoms with E-state index in [1.807, 2.05) is 4.90 Å². The number of carboxylic acid groups (broad SMARTS) is 1. The van der Waals surface area contributed by atoms with Gasteiger partial charge in [-0.1, -0.05) is 13.8 Å². The highest BCUT2D eigenvalue weighted by Gasteiger charge is 2.33. The molecule has 1 aromatic rings. The van der Waals surface area contributed by atoms with Crippen molar-refractivity contribution in [2.24, 2.45) is 11.8 Å². The first-order valence-electron chi connectivity index (χ1n) is 6.88. The Bertz CT molecular complexity index is 532. The van der Waals surface area contributed by atoms with Gasteiger partial charge in [0.05, 0.1) is 16.8 Å². The van der Waals surface area contributed by atoms with Crippen LogP contribution in [-0.4, -0.2) is 24.2 Å². The first-order chi connectivity index (χ1) is 9.68. The van der Waals surface area contributed by atoms with Gasteiger partial charge in [-0.15, -0.1) is 0 Å². The van der Waals surface area contributed by atoms with Gasteiger partial charge in [-0.3, -0.25) is 0 Å². The van der Waals surface area contributed by atoms with E-state index >= 15 is 0 Å². The number of carbonyl (C=O) groups is 1. The molecule has 6 heteroatoms. The fourth-order valence-corrected chi connectivity index (χ4v) is 3.02. The Kier molecular flexibility index (Phi) is 4.16. The van der Waals surface area contributed by atoms with Gasteiger partial charge in [0.1, 0.15) is 0 Å². The van der Waals surface area contributed by atoms with Crippen molar-refractivity contribution in [2.75, 3.05) is 18.0 Å². The lowest BCUT2D eigenvalue weighted by Gasteiger charge is -2.37. The summed E-state index contributed by atoms with van der Waals surface area (Å²) in [4.78, 5) is 13.2. The molecule has 1 N–H and O–H groups in total. The summed E-state index contributed by atoms with van der Waals surface area (Å²) in [5.74, 6) is -0.558. The first-order valence-corrected chi connectivity index (χ1v) is 6.88. The van der Waals surface area contributed by atoms with Crippen LogP contribution in [0.2, 0.25) is 0 Å². The predicted octanol–water partition coefficient (Wildman–Crippen LogP) is 3.89. The normalized spacial score (nSPS) is 23.2. The van der Waals surface area contributed by atoms with E-state index in [0.29, 0.717) is 30.6 Å². The molecule has 2 rings (SSSR count). The van der Waals surface area contributed by atoms with Crippen LogP contribution in [0.15, 0.2) is 18.2 Å². The molecule has 0 aromatic heterocycles. The molecule has 116 valence electrons. The lowest BCUT2D eigenvalue weighted by Crippen LogP contribution is -2.39. The summed E-state index contributed by atoms with van der Waals surface area (Å²) in [6.07, 6.45) is -3.50. The van der Waals surface area contributed by atoms with Gasteiger partial charge in [-0.05, 0) is 36.5 Å². The second-order valence-electron chi connectivity index (χ2n) is 5.89. The number of piperidine rings is 1. The Morgan fingerprint density at radius 2 is 1.81 bits per heavy atom. The molecule has 1 heterocycles. The second kappa shape index (κ2) is 5.58. The lowest BCUT2D eigenvalue weighted by atomic mass is 9.91. The van der Waals surface area contributed by atoms with Crippen LogP contribution in [-0.2, 0) is 6.18 Å². The van der Waals surface area contributed by atoms with Crippen LogP contribution in [0, 0.1) is 11.8 Å². The number of alkyl halides is 3. The maximum Gasteiger partial charge on any atom is 0.416 e. The van der Waals surface area contributed by atoms with E-state index in [2.05, 4.69) is 13.8 Å². The standard InChI is InChI=1S/C15H18F3NO2/c1-9-5-10(2)8-19(7-9)13-4-3-11(15(16,17)18)6-12(13)14(20)21/h3-4,6,9-10H,5,7-8H2,1-2H3,(H,20,21). The minimum atomic E-state index is -4.54. The van der Waals surface area contributed by atoms with Crippen molar-refractivity contribution in [3.63, 3.8) is 0 Å². The molecule has 3 nitrogen and oxygen atoms in total. The fourth-order valence-electron chi connectivity index (χ4n) is 3.02. The molecule has 1 aliphatic heterocycles. The van der Waals surface area contributed by atoms with Gasteiger partial charge in [0, 0.05) is 13.1 Å². The number of hydrogen-bond donors (Lipinski definition) is 1. The summed E-state index contributed by atoms with van der Waals surface area (Å²) >= 11 is 0. The SMILES string of the molecule is CC1CC(C)CN(c2ccc(C(F)(F)F)cc2C(=O)O)C1. The van der Waals surface area contributed by atoms with Crippen molar-refractivity contribution in [1.29, 1.82) is 0 Å². The van der Waals surface area contributed by atoms with Crippen molar-refractivity contribution < 1.29 is 23.1 Å². The van der Waals surface area contributed by atoms with Gasteiger partial charge in [-0.25, -0.2) is 4.79 Å². The van der Waals surface area contributed by atoms with Crippen molar-refractivity contribution in [2.45, 2.75) is 26.4 Å². The third-order valence-electron chi connectivity index (χ3n) is 3.76. The molecule has 0 radical (unpaired) electrons. The summed E-state index contributed by atoms with van der Waals surface area (Å²) in [7, 11) is 0. The van der Waals surface area contributed by atoms with E-state index in [4.69, 9.17) is 0 Å². The summed E-state index contributed by atoms with van der Waals surface area (Å²) in [5.41, 5.74) is -0.846. The molecule has 1 aliphatic rings. The van der Waals surface area contributed by atoms with Crippen molar-refractivity contribution >= 4 is 11.7 Å². The van der Waals surface area contributed by atoms with Crippen LogP contribution in [0.1, 0.15) is 36.2 Å². The molecule has 1 fully saturated rings. The molecule has 1 saturated heterocycles. The monoisotopic (exact) mass is 301 g/mol. The van der Waals surface area contributed by atoms with Crippen LogP contribution in [0.25, 0.3) is 0 Å². The largest absolute Gasteiger partial charge is 0.478 e. The van der Waals surface area contributed by atoms with E-state index < -0.39 is 17.7 Å². The quantitative estimate of drug-likeness (QED) is 0.901. The average Bonchev–Trinajstić information content (AvgIpc) is 2.35. The number of benzene rings is 1. The van der Waals surface area contributed by atoms with Crippen LogP contribution >= 0.6 is 0 Å². The Labute approximate surface area is 121 Å². The van der Waals surface area contributed by atoms with Crippen molar-refractivity contribution in [3.8, 4) is 0 Å². The number of carboxylic acids is 1. The Morgan fingerprint density at radius 3 is 2.29 bits per heavy atom. The summed E-state index contributed by atoms with van der Waals surface area (Å²) in [6, 6.07) is 2.95. The predicted molar refractivity (Wildman–Crippen MR) is 73.6 cm³/mol. The van der Waals surface area contributed by atoms with E-state index in [1.165, 1.54) is 6.07 Å². The molecular weight excluding hydrogens is 283 g/mol. The number of anilines is 1. The van der Waals surface area contributed by atoms with Gasteiger partial charge >= 0.3 is 12.1 Å². The minimum Gasteiger partial charge on any atom is -0.478 e. The zero-order valence-corrected chi connectivity index (χ0v) is 11.9. The molecule has 1 aromatic carbocycles. The average molecular weight is 301 g/mol. The number of nitrogens with zero attached hydrogens (tertiary/aromatic N) is 1. The third kappa shape index (κ3) is 3.49. The Morgan fingerprint density at radius 1 is 1.24 bits per heavy atom.